The van der Waals surface area contributed by atoms with Gasteiger partial charge in [0.25, 0.3) is 0 Å². The number of nitrogens with zero attached hydrogens (tertiary/aromatic N) is 1. The molecule has 0 aromatic heterocycles. The molecule has 108 valence electrons. The molecule has 2 aliphatic rings. The highest BCUT2D eigenvalue weighted by Crippen LogP contribution is 2.35. The topological polar surface area (TPSA) is 32.3 Å². The minimum Gasteiger partial charge on any atom is -0.331 e. The molecular weight excluding hydrogens is 248 g/mol. The van der Waals surface area contributed by atoms with Crippen LogP contribution in [-0.4, -0.2) is 28.9 Å². The summed E-state index contributed by atoms with van der Waals surface area (Å²) in [7, 11) is 0. The molecule has 20 heavy (non-hydrogen) atoms. The molecule has 1 N–H and O–H groups in total. The van der Waals surface area contributed by atoms with Gasteiger partial charge in [-0.05, 0) is 38.3 Å². The third kappa shape index (κ3) is 2.47. The number of rotatable bonds is 2. The maximum Gasteiger partial charge on any atom is 0.223 e. The van der Waals surface area contributed by atoms with Crippen molar-refractivity contribution >= 4 is 5.91 Å². The van der Waals surface area contributed by atoms with Crippen LogP contribution in [0.25, 0.3) is 0 Å². The first-order valence-electron chi connectivity index (χ1n) is 7.78. The molecule has 0 saturated carbocycles. The Balaban J connectivity index is 1.88. The highest BCUT2D eigenvalue weighted by Gasteiger charge is 2.45. The summed E-state index contributed by atoms with van der Waals surface area (Å²) in [5.74, 6) is 0.324. The van der Waals surface area contributed by atoms with Gasteiger partial charge in [0, 0.05) is 19.0 Å². The van der Waals surface area contributed by atoms with Crippen molar-refractivity contribution < 1.29 is 4.79 Å². The zero-order chi connectivity index (χ0) is 14.0. The van der Waals surface area contributed by atoms with Gasteiger partial charge in [-0.3, -0.25) is 4.79 Å². The van der Waals surface area contributed by atoms with Crippen molar-refractivity contribution in [2.45, 2.75) is 57.2 Å². The fraction of sp³-hybridized carbons (Fsp3) is 0.588. The Hall–Kier alpha value is -1.35. The van der Waals surface area contributed by atoms with E-state index in [1.54, 1.807) is 0 Å². The Kier molecular flexibility index (Phi) is 3.79. The first kappa shape index (κ1) is 13.6. The Labute approximate surface area is 121 Å². The van der Waals surface area contributed by atoms with Crippen LogP contribution in [0, 0.1) is 0 Å². The molecule has 1 unspecified atom stereocenters. The number of nitrogens with one attached hydrogen (secondary N) is 1. The summed E-state index contributed by atoms with van der Waals surface area (Å²) in [6, 6.07) is 10.8. The normalized spacial score (nSPS) is 30.8. The van der Waals surface area contributed by atoms with Gasteiger partial charge in [0.2, 0.25) is 5.91 Å². The van der Waals surface area contributed by atoms with E-state index in [2.05, 4.69) is 41.4 Å². The highest BCUT2D eigenvalue weighted by molar-refractivity contribution is 5.77. The molecule has 3 heteroatoms. The molecule has 0 aliphatic carbocycles. The summed E-state index contributed by atoms with van der Waals surface area (Å²) in [5.41, 5.74) is 1.21. The zero-order valence-corrected chi connectivity index (χ0v) is 12.3. The number of fused-ring (bicyclic) bond motifs is 1. The standard InChI is InChI=1S/C17H24N2O/c1-17-11-12-18-15(17)9-5-6-10-16(20)19(17)13-14-7-3-2-4-8-14/h2-4,7-8,15,18H,5-6,9-13H2,1H3/t15?,17-/m0/s1. The van der Waals surface area contributed by atoms with Crippen molar-refractivity contribution in [3.05, 3.63) is 35.9 Å². The van der Waals surface area contributed by atoms with Crippen molar-refractivity contribution in [1.29, 1.82) is 0 Å². The van der Waals surface area contributed by atoms with Crippen LogP contribution in [0.15, 0.2) is 30.3 Å². The van der Waals surface area contributed by atoms with Gasteiger partial charge in [0.05, 0.1) is 5.54 Å². The van der Waals surface area contributed by atoms with E-state index in [1.165, 1.54) is 12.0 Å². The molecular formula is C17H24N2O. The van der Waals surface area contributed by atoms with E-state index >= 15 is 0 Å². The summed E-state index contributed by atoms with van der Waals surface area (Å²) in [6.07, 6.45) is 5.15. The first-order valence-corrected chi connectivity index (χ1v) is 7.78. The zero-order valence-electron chi connectivity index (χ0n) is 12.3. The van der Waals surface area contributed by atoms with E-state index < -0.39 is 0 Å². The van der Waals surface area contributed by atoms with Gasteiger partial charge < -0.3 is 10.2 Å². The molecule has 0 spiro atoms. The molecule has 1 amide bonds. The molecule has 2 atom stereocenters. The monoisotopic (exact) mass is 272 g/mol. The first-order chi connectivity index (χ1) is 9.70. The number of carbonyl (C=O) groups excluding carboxylic acids is 1. The second kappa shape index (κ2) is 5.57. The van der Waals surface area contributed by atoms with Crippen molar-refractivity contribution in [3.63, 3.8) is 0 Å². The van der Waals surface area contributed by atoms with Crippen LogP contribution in [0.2, 0.25) is 0 Å². The summed E-state index contributed by atoms with van der Waals surface area (Å²) in [5, 5.41) is 3.61. The Morgan fingerprint density at radius 2 is 2.10 bits per heavy atom. The maximum atomic E-state index is 12.6. The minimum absolute atomic E-state index is 0.0205. The number of amides is 1. The average Bonchev–Trinajstić information content (AvgIpc) is 2.82. The van der Waals surface area contributed by atoms with E-state index in [1.807, 2.05) is 6.07 Å². The van der Waals surface area contributed by atoms with Crippen LogP contribution in [-0.2, 0) is 11.3 Å². The third-order valence-electron chi connectivity index (χ3n) is 5.01. The predicted octanol–water partition coefficient (Wildman–Crippen LogP) is 2.71. The SMILES string of the molecule is C[C@]12CCNC1CCCCC(=O)N2Cc1ccccc1. The lowest BCUT2D eigenvalue weighted by Crippen LogP contribution is -2.56. The lowest BCUT2D eigenvalue weighted by molar-refractivity contribution is -0.139. The third-order valence-corrected chi connectivity index (χ3v) is 5.01. The number of carbonyl (C=O) groups is 1. The predicted molar refractivity (Wildman–Crippen MR) is 80.3 cm³/mol. The number of benzene rings is 1. The lowest BCUT2D eigenvalue weighted by Gasteiger charge is -2.44. The van der Waals surface area contributed by atoms with Crippen LogP contribution in [0.1, 0.15) is 44.6 Å². The van der Waals surface area contributed by atoms with Crippen LogP contribution < -0.4 is 5.32 Å². The number of hydrogen-bond acceptors (Lipinski definition) is 2. The van der Waals surface area contributed by atoms with E-state index in [0.717, 1.165) is 32.4 Å². The smallest absolute Gasteiger partial charge is 0.223 e. The van der Waals surface area contributed by atoms with Crippen molar-refractivity contribution in [3.8, 4) is 0 Å². The summed E-state index contributed by atoms with van der Waals surface area (Å²) in [4.78, 5) is 14.8. The second-order valence-electron chi connectivity index (χ2n) is 6.33. The van der Waals surface area contributed by atoms with Gasteiger partial charge >= 0.3 is 0 Å². The molecule has 3 nitrogen and oxygen atoms in total. The number of hydrogen-bond donors (Lipinski definition) is 1. The second-order valence-corrected chi connectivity index (χ2v) is 6.33. The fourth-order valence-corrected chi connectivity index (χ4v) is 3.71. The van der Waals surface area contributed by atoms with E-state index in [-0.39, 0.29) is 5.54 Å². The van der Waals surface area contributed by atoms with Gasteiger partial charge in [0.1, 0.15) is 0 Å². The Morgan fingerprint density at radius 3 is 2.90 bits per heavy atom. The Bertz CT molecular complexity index is 473. The summed E-state index contributed by atoms with van der Waals surface area (Å²) in [6.45, 7) is 4.04. The van der Waals surface area contributed by atoms with Gasteiger partial charge in [-0.2, -0.15) is 0 Å². The van der Waals surface area contributed by atoms with Crippen LogP contribution in [0.5, 0.6) is 0 Å². The van der Waals surface area contributed by atoms with Gasteiger partial charge in [-0.15, -0.1) is 0 Å². The molecule has 1 aromatic carbocycles. The molecule has 2 aliphatic heterocycles. The molecule has 2 heterocycles. The highest BCUT2D eigenvalue weighted by atomic mass is 16.2. The van der Waals surface area contributed by atoms with Gasteiger partial charge in [-0.1, -0.05) is 36.8 Å². The minimum atomic E-state index is -0.0205. The molecule has 3 rings (SSSR count). The van der Waals surface area contributed by atoms with Gasteiger partial charge in [-0.25, -0.2) is 0 Å². The van der Waals surface area contributed by atoms with Crippen LogP contribution in [0.4, 0.5) is 0 Å². The van der Waals surface area contributed by atoms with Crippen molar-refractivity contribution in [2.75, 3.05) is 6.54 Å². The van der Waals surface area contributed by atoms with Crippen LogP contribution >= 0.6 is 0 Å². The van der Waals surface area contributed by atoms with Gasteiger partial charge in [0.15, 0.2) is 0 Å². The van der Waals surface area contributed by atoms with E-state index in [0.29, 0.717) is 18.4 Å². The molecule has 2 saturated heterocycles. The maximum absolute atomic E-state index is 12.6. The number of likely N-dealkylation sites (tertiary alicyclic amines) is 1. The van der Waals surface area contributed by atoms with E-state index in [4.69, 9.17) is 0 Å². The van der Waals surface area contributed by atoms with Crippen molar-refractivity contribution in [1.82, 2.24) is 10.2 Å². The largest absolute Gasteiger partial charge is 0.331 e. The van der Waals surface area contributed by atoms with E-state index in [9.17, 15) is 4.79 Å². The summed E-state index contributed by atoms with van der Waals surface area (Å²) >= 11 is 0. The van der Waals surface area contributed by atoms with Crippen molar-refractivity contribution in [2.24, 2.45) is 0 Å². The molecule has 0 radical (unpaired) electrons. The molecule has 1 aromatic rings. The molecule has 2 fully saturated rings. The average molecular weight is 272 g/mol. The lowest BCUT2D eigenvalue weighted by atomic mass is 9.84. The fourth-order valence-electron chi connectivity index (χ4n) is 3.71. The quantitative estimate of drug-likeness (QED) is 0.898. The summed E-state index contributed by atoms with van der Waals surface area (Å²) < 4.78 is 0. The van der Waals surface area contributed by atoms with Crippen LogP contribution in [0.3, 0.4) is 0 Å². The molecule has 0 bridgehead atoms. The Morgan fingerprint density at radius 1 is 1.30 bits per heavy atom.